The van der Waals surface area contributed by atoms with E-state index in [0.29, 0.717) is 11.8 Å². The van der Waals surface area contributed by atoms with Gasteiger partial charge in [-0.05, 0) is 75.0 Å². The molecule has 0 spiro atoms. The van der Waals surface area contributed by atoms with Gasteiger partial charge in [-0.25, -0.2) is 0 Å². The average molecular weight is 463 g/mol. The van der Waals surface area contributed by atoms with Crippen LogP contribution in [0.15, 0.2) is 24.3 Å². The molecule has 190 valence electrons. The second-order valence-corrected chi connectivity index (χ2v) is 10.7. The highest BCUT2D eigenvalue weighted by Crippen LogP contribution is 2.48. The van der Waals surface area contributed by atoms with Gasteiger partial charge in [0, 0.05) is 12.8 Å². The molecule has 0 amide bonds. The Morgan fingerprint density at radius 3 is 2.55 bits per heavy atom. The fourth-order valence-corrected chi connectivity index (χ4v) is 5.53. The number of rotatable bonds is 17. The fraction of sp³-hybridized carbons (Fsp3) is 0.828. The van der Waals surface area contributed by atoms with Crippen molar-refractivity contribution in [3.8, 4) is 0 Å². The lowest BCUT2D eigenvalue weighted by atomic mass is 9.64. The molecule has 4 heteroatoms. The van der Waals surface area contributed by atoms with Crippen LogP contribution < -0.4 is 0 Å². The Hall–Kier alpha value is -1.13. The highest BCUT2D eigenvalue weighted by Gasteiger charge is 2.35. The monoisotopic (exact) mass is 462 g/mol. The first-order chi connectivity index (χ1) is 15.9. The minimum absolute atomic E-state index is 0.212. The molecule has 2 rings (SSSR count). The minimum atomic E-state index is -1.92. The summed E-state index contributed by atoms with van der Waals surface area (Å²) in [6.45, 7) is 3.63. The highest BCUT2D eigenvalue weighted by atomic mass is 16.6. The van der Waals surface area contributed by atoms with Gasteiger partial charge >= 0.3 is 5.97 Å². The van der Waals surface area contributed by atoms with Crippen molar-refractivity contribution >= 4 is 5.97 Å². The zero-order valence-corrected chi connectivity index (χ0v) is 21.4. The molecule has 0 aromatic carbocycles. The Kier molecular flexibility index (Phi) is 12.8. The van der Waals surface area contributed by atoms with Crippen molar-refractivity contribution < 1.29 is 19.7 Å². The molecule has 0 unspecified atom stereocenters. The van der Waals surface area contributed by atoms with Crippen molar-refractivity contribution in [2.45, 2.75) is 129 Å². The van der Waals surface area contributed by atoms with Gasteiger partial charge in [0.1, 0.15) is 6.61 Å². The molecule has 0 saturated heterocycles. The van der Waals surface area contributed by atoms with E-state index in [1.807, 2.05) is 0 Å². The van der Waals surface area contributed by atoms with Crippen molar-refractivity contribution in [2.24, 2.45) is 17.3 Å². The van der Waals surface area contributed by atoms with Gasteiger partial charge in [0.15, 0.2) is 5.79 Å². The largest absolute Gasteiger partial charge is 0.460 e. The molecule has 33 heavy (non-hydrogen) atoms. The molecular formula is C29H50O4. The number of allylic oxidation sites excluding steroid dienone is 4. The van der Waals surface area contributed by atoms with E-state index in [1.165, 1.54) is 77.0 Å². The van der Waals surface area contributed by atoms with Crippen molar-refractivity contribution in [3.63, 3.8) is 0 Å². The molecule has 0 aromatic rings. The Morgan fingerprint density at radius 1 is 1.03 bits per heavy atom. The molecule has 2 fully saturated rings. The molecule has 0 heterocycles. The van der Waals surface area contributed by atoms with Gasteiger partial charge < -0.3 is 14.9 Å². The van der Waals surface area contributed by atoms with E-state index in [9.17, 15) is 15.0 Å². The van der Waals surface area contributed by atoms with Crippen LogP contribution in [-0.2, 0) is 9.53 Å². The summed E-state index contributed by atoms with van der Waals surface area (Å²) >= 11 is 0. The van der Waals surface area contributed by atoms with E-state index < -0.39 is 11.8 Å². The van der Waals surface area contributed by atoms with Crippen LogP contribution in [0.4, 0.5) is 0 Å². The van der Waals surface area contributed by atoms with Crippen LogP contribution in [-0.4, -0.2) is 28.6 Å². The summed E-state index contributed by atoms with van der Waals surface area (Å²) in [4.78, 5) is 11.2. The Morgan fingerprint density at radius 2 is 1.85 bits per heavy atom. The Balaban J connectivity index is 1.64. The number of unbranched alkanes of at least 4 members (excludes halogenated alkanes) is 4. The first-order valence-corrected chi connectivity index (χ1v) is 13.8. The normalized spacial score (nSPS) is 22.8. The Labute approximate surface area is 202 Å². The first kappa shape index (κ1) is 28.1. The zero-order valence-electron chi connectivity index (χ0n) is 21.4. The van der Waals surface area contributed by atoms with Gasteiger partial charge in [-0.2, -0.15) is 0 Å². The van der Waals surface area contributed by atoms with Crippen LogP contribution in [0.1, 0.15) is 123 Å². The third-order valence-corrected chi connectivity index (χ3v) is 7.93. The van der Waals surface area contributed by atoms with Crippen molar-refractivity contribution in [1.82, 2.24) is 0 Å². The van der Waals surface area contributed by atoms with Crippen LogP contribution >= 0.6 is 0 Å². The van der Waals surface area contributed by atoms with E-state index in [1.54, 1.807) is 6.92 Å². The first-order valence-electron chi connectivity index (χ1n) is 13.8. The molecule has 2 saturated carbocycles. The fourth-order valence-electron chi connectivity index (χ4n) is 5.53. The lowest BCUT2D eigenvalue weighted by molar-refractivity contribution is -0.205. The van der Waals surface area contributed by atoms with Gasteiger partial charge in [-0.1, -0.05) is 76.7 Å². The number of aliphatic hydroxyl groups is 2. The van der Waals surface area contributed by atoms with Gasteiger partial charge in [0.2, 0.25) is 0 Å². The zero-order chi connectivity index (χ0) is 24.0. The predicted molar refractivity (Wildman–Crippen MR) is 136 cm³/mol. The Bertz CT molecular complexity index is 603. The number of carbonyl (C=O) groups is 1. The standard InChI is InChI=1S/C29H50O4/c1-3-5-6-10-19-28(21-14-22-28)20-13-18-26-17-12-16-25(26)15-9-7-8-11-23-29(31,32)24-33-27(30)4-2/h7,9,13,18,25-26,31-32H,3-6,8,10-12,14-17,19-24H2,1-2H3/b9-7-,18-13+/t25-,26+/m0/s1. The van der Waals surface area contributed by atoms with Crippen LogP contribution in [0.25, 0.3) is 0 Å². The summed E-state index contributed by atoms with van der Waals surface area (Å²) in [6, 6.07) is 0. The van der Waals surface area contributed by atoms with Gasteiger partial charge in [-0.3, -0.25) is 4.79 Å². The summed E-state index contributed by atoms with van der Waals surface area (Å²) in [5, 5.41) is 19.8. The molecule has 2 aliphatic carbocycles. The highest BCUT2D eigenvalue weighted by molar-refractivity contribution is 5.68. The quantitative estimate of drug-likeness (QED) is 0.103. The van der Waals surface area contributed by atoms with Crippen molar-refractivity contribution in [2.75, 3.05) is 6.61 Å². The summed E-state index contributed by atoms with van der Waals surface area (Å²) in [7, 11) is 0. The summed E-state index contributed by atoms with van der Waals surface area (Å²) in [5.41, 5.74) is 0.627. The lowest BCUT2D eigenvalue weighted by Crippen LogP contribution is -2.35. The average Bonchev–Trinajstić information content (AvgIpc) is 3.22. The van der Waals surface area contributed by atoms with Gasteiger partial charge in [0.25, 0.3) is 0 Å². The van der Waals surface area contributed by atoms with Gasteiger partial charge in [-0.15, -0.1) is 0 Å². The maximum Gasteiger partial charge on any atom is 0.305 e. The van der Waals surface area contributed by atoms with Crippen molar-refractivity contribution in [3.05, 3.63) is 24.3 Å². The SMILES string of the molecule is CCCCCCC1(C/C=C/[C@H]2CCC[C@@H]2C/C=C\CCCC(O)(O)COC(=O)CC)CCC1. The summed E-state index contributed by atoms with van der Waals surface area (Å²) < 4.78 is 4.84. The molecule has 0 radical (unpaired) electrons. The molecule has 0 aromatic heterocycles. The predicted octanol–water partition coefficient (Wildman–Crippen LogP) is 7.24. The van der Waals surface area contributed by atoms with Crippen molar-refractivity contribution in [1.29, 1.82) is 0 Å². The molecule has 0 aliphatic heterocycles. The lowest BCUT2D eigenvalue weighted by Gasteiger charge is -2.42. The molecule has 0 bridgehead atoms. The van der Waals surface area contributed by atoms with Crippen LogP contribution in [0.3, 0.4) is 0 Å². The topological polar surface area (TPSA) is 66.8 Å². The maximum absolute atomic E-state index is 11.2. The maximum atomic E-state index is 11.2. The van der Waals surface area contributed by atoms with E-state index in [0.717, 1.165) is 24.7 Å². The number of ether oxygens (including phenoxy) is 1. The molecule has 2 atom stereocenters. The summed E-state index contributed by atoms with van der Waals surface area (Å²) in [6.07, 6.45) is 29.1. The second-order valence-electron chi connectivity index (χ2n) is 10.7. The van der Waals surface area contributed by atoms with E-state index in [2.05, 4.69) is 31.2 Å². The van der Waals surface area contributed by atoms with Crippen LogP contribution in [0.5, 0.6) is 0 Å². The molecule has 4 nitrogen and oxygen atoms in total. The smallest absolute Gasteiger partial charge is 0.305 e. The second kappa shape index (κ2) is 15.0. The van der Waals surface area contributed by atoms with E-state index >= 15 is 0 Å². The third kappa shape index (κ3) is 10.8. The minimum Gasteiger partial charge on any atom is -0.460 e. The number of carbonyl (C=O) groups excluding carboxylic acids is 1. The third-order valence-electron chi connectivity index (χ3n) is 7.93. The number of hydrogen-bond donors (Lipinski definition) is 2. The number of esters is 1. The number of hydrogen-bond acceptors (Lipinski definition) is 4. The van der Waals surface area contributed by atoms with E-state index in [4.69, 9.17) is 4.74 Å². The van der Waals surface area contributed by atoms with E-state index in [-0.39, 0.29) is 19.4 Å². The molecule has 2 N–H and O–H groups in total. The summed E-state index contributed by atoms with van der Waals surface area (Å²) in [5.74, 6) is -0.851. The molecular weight excluding hydrogens is 412 g/mol. The van der Waals surface area contributed by atoms with Gasteiger partial charge in [0.05, 0.1) is 0 Å². The van der Waals surface area contributed by atoms with Crippen LogP contribution in [0.2, 0.25) is 0 Å². The molecule has 2 aliphatic rings. The van der Waals surface area contributed by atoms with Crippen LogP contribution in [0, 0.1) is 17.3 Å².